The zero-order valence-electron chi connectivity index (χ0n) is 17.4. The van der Waals surface area contributed by atoms with Crippen molar-refractivity contribution >= 4 is 41.0 Å². The van der Waals surface area contributed by atoms with E-state index in [1.54, 1.807) is 60.7 Å². The van der Waals surface area contributed by atoms with Gasteiger partial charge < -0.3 is 10.1 Å². The summed E-state index contributed by atoms with van der Waals surface area (Å²) in [5.74, 6) is -2.61. The normalized spacial score (nSPS) is 13.4. The molecule has 3 aromatic carbocycles. The summed E-state index contributed by atoms with van der Waals surface area (Å²) in [4.78, 5) is 52.1. The lowest BCUT2D eigenvalue weighted by atomic mass is 10.0. The molecule has 166 valence electrons. The quantitative estimate of drug-likeness (QED) is 0.426. The van der Waals surface area contributed by atoms with Crippen LogP contribution in [0.5, 0.6) is 0 Å². The van der Waals surface area contributed by atoms with E-state index in [-0.39, 0.29) is 17.5 Å². The minimum atomic E-state index is -1.23. The van der Waals surface area contributed by atoms with Gasteiger partial charge in [-0.3, -0.25) is 19.3 Å². The molecule has 4 rings (SSSR count). The maximum atomic E-state index is 13.0. The fourth-order valence-corrected chi connectivity index (χ4v) is 3.77. The van der Waals surface area contributed by atoms with Crippen molar-refractivity contribution in [3.8, 4) is 0 Å². The van der Waals surface area contributed by atoms with Crippen LogP contribution in [0.2, 0.25) is 5.02 Å². The molecule has 1 aliphatic heterocycles. The lowest BCUT2D eigenvalue weighted by molar-refractivity contribution is -0.151. The van der Waals surface area contributed by atoms with Gasteiger partial charge in [0.15, 0.2) is 6.61 Å². The van der Waals surface area contributed by atoms with Crippen LogP contribution in [0.4, 0.5) is 5.69 Å². The molecule has 0 fully saturated rings. The largest absolute Gasteiger partial charge is 0.454 e. The van der Waals surface area contributed by atoms with Crippen molar-refractivity contribution in [2.75, 3.05) is 11.9 Å². The lowest BCUT2D eigenvalue weighted by Crippen LogP contribution is -2.47. The Bertz CT molecular complexity index is 1190. The topological polar surface area (TPSA) is 92.8 Å². The summed E-state index contributed by atoms with van der Waals surface area (Å²) in [5, 5.41) is 2.90. The number of rotatable bonds is 7. The van der Waals surface area contributed by atoms with Gasteiger partial charge in [-0.25, -0.2) is 4.79 Å². The van der Waals surface area contributed by atoms with Gasteiger partial charge in [-0.15, -0.1) is 0 Å². The molecule has 7 nitrogen and oxygen atoms in total. The number of esters is 1. The molecule has 33 heavy (non-hydrogen) atoms. The van der Waals surface area contributed by atoms with E-state index in [4.69, 9.17) is 16.3 Å². The van der Waals surface area contributed by atoms with Crippen LogP contribution in [-0.4, -0.2) is 41.2 Å². The van der Waals surface area contributed by atoms with Gasteiger partial charge >= 0.3 is 5.97 Å². The predicted molar refractivity (Wildman–Crippen MR) is 122 cm³/mol. The first kappa shape index (κ1) is 22.2. The van der Waals surface area contributed by atoms with Gasteiger partial charge in [0.05, 0.1) is 21.8 Å². The highest BCUT2D eigenvalue weighted by Crippen LogP contribution is 2.26. The number of fused-ring (bicyclic) bond motifs is 1. The Labute approximate surface area is 194 Å². The summed E-state index contributed by atoms with van der Waals surface area (Å²) in [5.41, 5.74) is 1.56. The smallest absolute Gasteiger partial charge is 0.330 e. The van der Waals surface area contributed by atoms with Crippen LogP contribution in [0.25, 0.3) is 0 Å². The molecule has 0 spiro atoms. The number of hydrogen-bond acceptors (Lipinski definition) is 5. The molecule has 1 N–H and O–H groups in total. The van der Waals surface area contributed by atoms with Crippen LogP contribution in [0.3, 0.4) is 0 Å². The zero-order chi connectivity index (χ0) is 23.4. The van der Waals surface area contributed by atoms with E-state index in [0.29, 0.717) is 10.7 Å². The summed E-state index contributed by atoms with van der Waals surface area (Å²) in [6, 6.07) is 20.7. The Hall–Kier alpha value is -3.97. The molecule has 8 heteroatoms. The van der Waals surface area contributed by atoms with Crippen molar-refractivity contribution < 1.29 is 23.9 Å². The number of amides is 3. The third kappa shape index (κ3) is 4.78. The standard InChI is InChI=1S/C25H19ClN2O5/c26-19-12-6-7-13-20(19)27-22(29)15-33-25(32)21(14-16-8-2-1-3-9-16)28-23(30)17-10-4-5-11-18(17)24(28)31/h1-13,21H,14-15H2,(H,27,29). The summed E-state index contributed by atoms with van der Waals surface area (Å²) in [7, 11) is 0. The minimum Gasteiger partial charge on any atom is -0.454 e. The third-order valence-electron chi connectivity index (χ3n) is 5.17. The van der Waals surface area contributed by atoms with Crippen molar-refractivity contribution in [1.82, 2.24) is 4.90 Å². The van der Waals surface area contributed by atoms with Crippen LogP contribution in [0.15, 0.2) is 78.9 Å². The number of anilines is 1. The Kier molecular flexibility index (Phi) is 6.51. The number of carbonyl (C=O) groups is 4. The summed E-state index contributed by atoms with van der Waals surface area (Å²) in [6.07, 6.45) is 0.0529. The van der Waals surface area contributed by atoms with Crippen molar-refractivity contribution in [1.29, 1.82) is 0 Å². The minimum absolute atomic E-state index is 0.0529. The van der Waals surface area contributed by atoms with E-state index in [0.717, 1.165) is 10.5 Å². The molecule has 1 aliphatic rings. The molecule has 1 atom stereocenters. The highest BCUT2D eigenvalue weighted by atomic mass is 35.5. The molecule has 1 heterocycles. The second-order valence-corrected chi connectivity index (χ2v) is 7.77. The second kappa shape index (κ2) is 9.67. The van der Waals surface area contributed by atoms with Gasteiger partial charge in [0.25, 0.3) is 17.7 Å². The van der Waals surface area contributed by atoms with E-state index < -0.39 is 36.3 Å². The number of halogens is 1. The number of benzene rings is 3. The average Bonchev–Trinajstić information content (AvgIpc) is 3.08. The molecular weight excluding hydrogens is 444 g/mol. The fourth-order valence-electron chi connectivity index (χ4n) is 3.59. The second-order valence-electron chi connectivity index (χ2n) is 7.37. The Morgan fingerprint density at radius 2 is 1.42 bits per heavy atom. The number of imide groups is 1. The Balaban J connectivity index is 1.52. The summed E-state index contributed by atoms with van der Waals surface area (Å²) < 4.78 is 5.22. The predicted octanol–water partition coefficient (Wildman–Crippen LogP) is 3.73. The molecule has 0 radical (unpaired) electrons. The van der Waals surface area contributed by atoms with E-state index in [1.165, 1.54) is 12.1 Å². The van der Waals surface area contributed by atoms with Gasteiger partial charge in [-0.05, 0) is 29.8 Å². The Morgan fingerprint density at radius 3 is 2.06 bits per heavy atom. The van der Waals surface area contributed by atoms with Crippen LogP contribution in [0, 0.1) is 0 Å². The number of hydrogen-bond donors (Lipinski definition) is 1. The van der Waals surface area contributed by atoms with Crippen LogP contribution >= 0.6 is 11.6 Å². The van der Waals surface area contributed by atoms with Crippen molar-refractivity contribution in [3.63, 3.8) is 0 Å². The highest BCUT2D eigenvalue weighted by Gasteiger charge is 2.43. The Morgan fingerprint density at radius 1 is 0.848 bits per heavy atom. The van der Waals surface area contributed by atoms with Crippen molar-refractivity contribution in [3.05, 3.63) is 101 Å². The van der Waals surface area contributed by atoms with Crippen LogP contribution < -0.4 is 5.32 Å². The molecule has 0 aromatic heterocycles. The van der Waals surface area contributed by atoms with E-state index in [1.807, 2.05) is 6.07 Å². The van der Waals surface area contributed by atoms with Gasteiger partial charge in [0, 0.05) is 6.42 Å². The molecular formula is C25H19ClN2O5. The fraction of sp³-hybridized carbons (Fsp3) is 0.120. The van der Waals surface area contributed by atoms with Gasteiger partial charge in [-0.1, -0.05) is 66.2 Å². The number of para-hydroxylation sites is 1. The monoisotopic (exact) mass is 462 g/mol. The highest BCUT2D eigenvalue weighted by molar-refractivity contribution is 6.33. The first-order valence-corrected chi connectivity index (χ1v) is 10.6. The number of ether oxygens (including phenoxy) is 1. The molecule has 3 amide bonds. The van der Waals surface area contributed by atoms with Crippen molar-refractivity contribution in [2.45, 2.75) is 12.5 Å². The maximum absolute atomic E-state index is 13.0. The van der Waals surface area contributed by atoms with Gasteiger partial charge in [0.1, 0.15) is 6.04 Å². The van der Waals surface area contributed by atoms with Gasteiger partial charge in [-0.2, -0.15) is 0 Å². The van der Waals surface area contributed by atoms with Crippen molar-refractivity contribution in [2.24, 2.45) is 0 Å². The number of nitrogens with zero attached hydrogens (tertiary/aromatic N) is 1. The van der Waals surface area contributed by atoms with Crippen LogP contribution in [0.1, 0.15) is 26.3 Å². The molecule has 0 bridgehead atoms. The molecule has 3 aromatic rings. The van der Waals surface area contributed by atoms with Gasteiger partial charge in [0.2, 0.25) is 0 Å². The third-order valence-corrected chi connectivity index (χ3v) is 5.50. The first-order chi connectivity index (χ1) is 16.0. The maximum Gasteiger partial charge on any atom is 0.330 e. The zero-order valence-corrected chi connectivity index (χ0v) is 18.1. The van der Waals surface area contributed by atoms with E-state index in [2.05, 4.69) is 5.32 Å². The molecule has 0 aliphatic carbocycles. The lowest BCUT2D eigenvalue weighted by Gasteiger charge is -2.24. The SMILES string of the molecule is O=C(COC(=O)C(Cc1ccccc1)N1C(=O)c2ccccc2C1=O)Nc1ccccc1Cl. The van der Waals surface area contributed by atoms with E-state index in [9.17, 15) is 19.2 Å². The number of nitrogens with one attached hydrogen (secondary N) is 1. The van der Waals surface area contributed by atoms with Crippen LogP contribution in [-0.2, 0) is 20.7 Å². The summed E-state index contributed by atoms with van der Waals surface area (Å²) >= 11 is 6.03. The molecule has 1 unspecified atom stereocenters. The first-order valence-electron chi connectivity index (χ1n) is 10.2. The van der Waals surface area contributed by atoms with E-state index >= 15 is 0 Å². The molecule has 0 saturated heterocycles. The number of carbonyl (C=O) groups excluding carboxylic acids is 4. The molecule has 0 saturated carbocycles. The summed E-state index contributed by atoms with van der Waals surface area (Å²) in [6.45, 7) is -0.599. The average molecular weight is 463 g/mol.